The highest BCUT2D eigenvalue weighted by Crippen LogP contribution is 2.29. The molecule has 0 aliphatic heterocycles. The lowest BCUT2D eigenvalue weighted by Crippen LogP contribution is -2.01. The molecule has 0 radical (unpaired) electrons. The van der Waals surface area contributed by atoms with E-state index in [0.717, 1.165) is 49.6 Å². The van der Waals surface area contributed by atoms with Crippen molar-refractivity contribution < 1.29 is 14.6 Å². The van der Waals surface area contributed by atoms with Gasteiger partial charge in [-0.15, -0.1) is 0 Å². The second kappa shape index (κ2) is 12.2. The molecule has 7 nitrogen and oxygen atoms in total. The Morgan fingerprint density at radius 3 is 1.73 bits per heavy atom. The molecule has 0 aliphatic rings. The minimum atomic E-state index is -0.379. The standard InChI is InChI=1S/C16H11ClN2O2.C15H11ClN2O/c1-21-16(20)11-4-7-15-13(8-11)14(9-18-19-15)10-2-5-12(17)6-3-10;16-12-4-2-11(3-5-12)14-8-17-18-15-6-1-10(9-19)7-13(14)15/h2-9H,1H3;1-8,19H,9H2. The van der Waals surface area contributed by atoms with Crippen LogP contribution in [0.25, 0.3) is 44.1 Å². The van der Waals surface area contributed by atoms with E-state index in [-0.39, 0.29) is 12.6 Å². The Morgan fingerprint density at radius 1 is 0.725 bits per heavy atom. The maximum atomic E-state index is 11.7. The van der Waals surface area contributed by atoms with Crippen LogP contribution in [-0.2, 0) is 11.3 Å². The van der Waals surface area contributed by atoms with Crippen molar-refractivity contribution in [1.82, 2.24) is 20.4 Å². The van der Waals surface area contributed by atoms with Crippen LogP contribution < -0.4 is 0 Å². The summed E-state index contributed by atoms with van der Waals surface area (Å²) in [4.78, 5) is 11.7. The predicted octanol–water partition coefficient (Wildman–Crippen LogP) is 7.18. The Balaban J connectivity index is 0.000000162. The van der Waals surface area contributed by atoms with E-state index >= 15 is 0 Å². The second-order valence-electron chi connectivity index (χ2n) is 8.76. The fourth-order valence-corrected chi connectivity index (χ4v) is 4.48. The van der Waals surface area contributed by atoms with E-state index in [1.54, 1.807) is 30.6 Å². The zero-order chi connectivity index (χ0) is 28.1. The maximum Gasteiger partial charge on any atom is 0.337 e. The van der Waals surface area contributed by atoms with Gasteiger partial charge in [0.05, 0.1) is 42.7 Å². The normalized spacial score (nSPS) is 10.7. The first-order valence-electron chi connectivity index (χ1n) is 12.2. The Kier molecular flexibility index (Phi) is 8.26. The number of halogens is 2. The molecule has 40 heavy (non-hydrogen) atoms. The van der Waals surface area contributed by atoms with Crippen LogP contribution in [0.2, 0.25) is 10.0 Å². The Morgan fingerprint density at radius 2 is 1.23 bits per heavy atom. The topological polar surface area (TPSA) is 98.1 Å². The molecule has 0 saturated carbocycles. The first-order chi connectivity index (χ1) is 19.5. The fourth-order valence-electron chi connectivity index (χ4n) is 4.22. The van der Waals surface area contributed by atoms with E-state index in [9.17, 15) is 9.90 Å². The molecule has 6 rings (SSSR count). The molecule has 1 N–H and O–H groups in total. The summed E-state index contributed by atoms with van der Waals surface area (Å²) in [5.41, 5.74) is 6.73. The van der Waals surface area contributed by atoms with Gasteiger partial charge in [-0.3, -0.25) is 0 Å². The maximum absolute atomic E-state index is 11.7. The van der Waals surface area contributed by atoms with Crippen molar-refractivity contribution in [2.24, 2.45) is 0 Å². The van der Waals surface area contributed by atoms with Gasteiger partial charge in [0, 0.05) is 31.9 Å². The van der Waals surface area contributed by atoms with Crippen LogP contribution in [0.1, 0.15) is 15.9 Å². The quantitative estimate of drug-likeness (QED) is 0.225. The Hall–Kier alpha value is -4.43. The number of aliphatic hydroxyl groups is 1. The highest BCUT2D eigenvalue weighted by atomic mass is 35.5. The second-order valence-corrected chi connectivity index (χ2v) is 9.64. The predicted molar refractivity (Wildman–Crippen MR) is 157 cm³/mol. The van der Waals surface area contributed by atoms with Gasteiger partial charge in [-0.05, 0) is 71.3 Å². The number of carbonyl (C=O) groups excluding carboxylic acids is 1. The van der Waals surface area contributed by atoms with E-state index in [4.69, 9.17) is 27.9 Å². The molecule has 0 atom stereocenters. The summed E-state index contributed by atoms with van der Waals surface area (Å²) in [5, 5.41) is 28.6. The molecular weight excluding hydrogens is 547 g/mol. The summed E-state index contributed by atoms with van der Waals surface area (Å²) in [5.74, 6) is -0.379. The van der Waals surface area contributed by atoms with Crippen molar-refractivity contribution in [1.29, 1.82) is 0 Å². The van der Waals surface area contributed by atoms with Gasteiger partial charge in [0.15, 0.2) is 0 Å². The van der Waals surface area contributed by atoms with E-state index < -0.39 is 0 Å². The smallest absolute Gasteiger partial charge is 0.337 e. The number of methoxy groups -OCH3 is 1. The minimum absolute atomic E-state index is 0.0122. The molecule has 0 bridgehead atoms. The third-order valence-corrected chi connectivity index (χ3v) is 6.76. The molecule has 0 fully saturated rings. The fraction of sp³-hybridized carbons (Fsp3) is 0.0645. The molecule has 9 heteroatoms. The number of aromatic nitrogens is 4. The molecule has 198 valence electrons. The van der Waals surface area contributed by atoms with E-state index in [0.29, 0.717) is 15.6 Å². The van der Waals surface area contributed by atoms with Crippen LogP contribution in [0.4, 0.5) is 0 Å². The highest BCUT2D eigenvalue weighted by Gasteiger charge is 2.11. The van der Waals surface area contributed by atoms with Crippen molar-refractivity contribution in [3.8, 4) is 22.3 Å². The van der Waals surface area contributed by atoms with Crippen LogP contribution in [0.3, 0.4) is 0 Å². The molecule has 0 unspecified atom stereocenters. The molecule has 4 aromatic carbocycles. The number of esters is 1. The summed E-state index contributed by atoms with van der Waals surface area (Å²) in [6, 6.07) is 25.9. The number of fused-ring (bicyclic) bond motifs is 2. The molecule has 2 heterocycles. The molecule has 0 spiro atoms. The van der Waals surface area contributed by atoms with Crippen molar-refractivity contribution in [3.05, 3.63) is 118 Å². The van der Waals surface area contributed by atoms with E-state index in [1.165, 1.54) is 7.11 Å². The average molecular weight is 569 g/mol. The summed E-state index contributed by atoms with van der Waals surface area (Å²) >= 11 is 11.8. The van der Waals surface area contributed by atoms with Crippen LogP contribution in [0.5, 0.6) is 0 Å². The first-order valence-corrected chi connectivity index (χ1v) is 12.9. The summed E-state index contributed by atoms with van der Waals surface area (Å²) in [6.07, 6.45) is 3.40. The van der Waals surface area contributed by atoms with Gasteiger partial charge in [-0.25, -0.2) is 4.79 Å². The number of aliphatic hydroxyl groups excluding tert-OH is 1. The lowest BCUT2D eigenvalue weighted by Gasteiger charge is -2.07. The number of carbonyl (C=O) groups is 1. The molecule has 0 amide bonds. The molecular formula is C31H22Cl2N4O3. The van der Waals surface area contributed by atoms with Crippen molar-refractivity contribution in [3.63, 3.8) is 0 Å². The minimum Gasteiger partial charge on any atom is -0.465 e. The van der Waals surface area contributed by atoms with Gasteiger partial charge in [-0.1, -0.05) is 53.5 Å². The number of benzene rings is 4. The van der Waals surface area contributed by atoms with Crippen molar-refractivity contribution >= 4 is 51.0 Å². The SMILES string of the molecule is COC(=O)c1ccc2nncc(-c3ccc(Cl)cc3)c2c1.OCc1ccc2nncc(-c3ccc(Cl)cc3)c2c1. The first kappa shape index (κ1) is 27.1. The highest BCUT2D eigenvalue weighted by molar-refractivity contribution is 6.31. The van der Waals surface area contributed by atoms with Crippen molar-refractivity contribution in [2.45, 2.75) is 6.61 Å². The lowest BCUT2D eigenvalue weighted by atomic mass is 10.0. The van der Waals surface area contributed by atoms with Crippen LogP contribution in [0, 0.1) is 0 Å². The zero-order valence-corrected chi connectivity index (χ0v) is 22.8. The largest absolute Gasteiger partial charge is 0.465 e. The van der Waals surface area contributed by atoms with E-state index in [2.05, 4.69) is 20.4 Å². The summed E-state index contributed by atoms with van der Waals surface area (Å²) in [6.45, 7) is 0.0122. The summed E-state index contributed by atoms with van der Waals surface area (Å²) in [7, 11) is 1.36. The number of hydrogen-bond acceptors (Lipinski definition) is 7. The van der Waals surface area contributed by atoms with Gasteiger partial charge in [0.1, 0.15) is 0 Å². The Labute approximate surface area is 240 Å². The Bertz CT molecular complexity index is 1810. The monoisotopic (exact) mass is 568 g/mol. The summed E-state index contributed by atoms with van der Waals surface area (Å²) < 4.78 is 4.75. The molecule has 0 saturated heterocycles. The van der Waals surface area contributed by atoms with Gasteiger partial charge in [0.2, 0.25) is 0 Å². The lowest BCUT2D eigenvalue weighted by molar-refractivity contribution is 0.0601. The molecule has 2 aromatic heterocycles. The molecule has 0 aliphatic carbocycles. The van der Waals surface area contributed by atoms with Gasteiger partial charge in [0.25, 0.3) is 0 Å². The zero-order valence-electron chi connectivity index (χ0n) is 21.3. The van der Waals surface area contributed by atoms with Crippen molar-refractivity contribution in [2.75, 3.05) is 7.11 Å². The van der Waals surface area contributed by atoms with Crippen LogP contribution >= 0.6 is 23.2 Å². The van der Waals surface area contributed by atoms with Gasteiger partial charge in [-0.2, -0.15) is 20.4 Å². The third kappa shape index (κ3) is 5.92. The van der Waals surface area contributed by atoms with Crippen LogP contribution in [0.15, 0.2) is 97.3 Å². The van der Waals surface area contributed by atoms with Crippen LogP contribution in [-0.4, -0.2) is 38.6 Å². The number of hydrogen-bond donors (Lipinski definition) is 1. The number of rotatable bonds is 4. The number of nitrogens with zero attached hydrogens (tertiary/aromatic N) is 4. The molecule has 6 aromatic rings. The number of ether oxygens (including phenoxy) is 1. The average Bonchev–Trinajstić information content (AvgIpc) is 3.00. The van der Waals surface area contributed by atoms with E-state index in [1.807, 2.05) is 66.7 Å². The van der Waals surface area contributed by atoms with Gasteiger partial charge < -0.3 is 9.84 Å². The third-order valence-electron chi connectivity index (χ3n) is 6.26. The van der Waals surface area contributed by atoms with Gasteiger partial charge >= 0.3 is 5.97 Å².